The van der Waals surface area contributed by atoms with Crippen LogP contribution in [-0.4, -0.2) is 57.5 Å². The maximum atomic E-state index is 12.6. The smallest absolute Gasteiger partial charge is 0.337 e. The minimum absolute atomic E-state index is 0.224. The molecule has 0 saturated carbocycles. The van der Waals surface area contributed by atoms with Gasteiger partial charge in [-0.25, -0.2) is 4.79 Å². The number of ketones is 1. The van der Waals surface area contributed by atoms with Crippen LogP contribution in [0.15, 0.2) is 11.1 Å². The van der Waals surface area contributed by atoms with E-state index in [-0.39, 0.29) is 5.92 Å². The molecule has 0 aromatic carbocycles. The molecule has 0 aliphatic heterocycles. The summed E-state index contributed by atoms with van der Waals surface area (Å²) in [5.74, 6) is -1.12. The van der Waals surface area contributed by atoms with Crippen LogP contribution < -0.4 is 5.73 Å². The molecular formula is C21H39NO6. The van der Waals surface area contributed by atoms with Gasteiger partial charge < -0.3 is 25.8 Å². The molecule has 0 bridgehead atoms. The standard InChI is InChI=1S/C21H39NO6/c1-9-16(23)21(7,8)19(26)17(24)13(5)12(4)14(6)28-20(27)18(25)15(22)10-11(2)3/h11,14-18,23-25H,9-10,22H2,1-8H3/b13-12+/t14-,15-,16-,17+,18?/m0/s1. The fourth-order valence-electron chi connectivity index (χ4n) is 2.94. The molecule has 0 aliphatic carbocycles. The molecule has 0 spiro atoms. The Labute approximate surface area is 169 Å². The van der Waals surface area contributed by atoms with Crippen molar-refractivity contribution in [2.75, 3.05) is 0 Å². The molecule has 5 atom stereocenters. The van der Waals surface area contributed by atoms with Gasteiger partial charge >= 0.3 is 5.97 Å². The first-order valence-corrected chi connectivity index (χ1v) is 9.90. The molecule has 164 valence electrons. The van der Waals surface area contributed by atoms with Crippen LogP contribution in [0.2, 0.25) is 0 Å². The van der Waals surface area contributed by atoms with E-state index in [0.29, 0.717) is 24.0 Å². The van der Waals surface area contributed by atoms with Gasteiger partial charge in [0.25, 0.3) is 0 Å². The molecule has 0 aliphatic rings. The van der Waals surface area contributed by atoms with Crippen molar-refractivity contribution in [2.24, 2.45) is 17.1 Å². The number of ether oxygens (including phenoxy) is 1. The number of Topliss-reactive ketones (excluding diaryl/α,β-unsaturated/α-hetero) is 1. The highest BCUT2D eigenvalue weighted by molar-refractivity contribution is 5.91. The topological polar surface area (TPSA) is 130 Å². The SMILES string of the molecule is CC[C@H](O)C(C)(C)C(=O)[C@H](O)/C(C)=C(\C)[C@H](C)OC(=O)C(O)[C@@H](N)CC(C)C. The van der Waals surface area contributed by atoms with Crippen molar-refractivity contribution in [3.8, 4) is 0 Å². The van der Waals surface area contributed by atoms with Crippen LogP contribution in [0.3, 0.4) is 0 Å². The molecule has 0 amide bonds. The van der Waals surface area contributed by atoms with Crippen molar-refractivity contribution in [1.29, 1.82) is 0 Å². The molecule has 0 rings (SSSR count). The van der Waals surface area contributed by atoms with Gasteiger partial charge in [-0.15, -0.1) is 0 Å². The van der Waals surface area contributed by atoms with Gasteiger partial charge in [0.05, 0.1) is 11.5 Å². The Kier molecular flexibility index (Phi) is 10.5. The van der Waals surface area contributed by atoms with E-state index in [1.54, 1.807) is 41.5 Å². The van der Waals surface area contributed by atoms with Crippen LogP contribution in [-0.2, 0) is 14.3 Å². The fourth-order valence-corrected chi connectivity index (χ4v) is 2.94. The Morgan fingerprint density at radius 3 is 1.96 bits per heavy atom. The Morgan fingerprint density at radius 2 is 1.54 bits per heavy atom. The molecule has 7 heteroatoms. The first kappa shape index (κ1) is 26.7. The number of esters is 1. The van der Waals surface area contributed by atoms with Crippen molar-refractivity contribution in [3.05, 3.63) is 11.1 Å². The zero-order valence-electron chi connectivity index (χ0n) is 18.5. The lowest BCUT2D eigenvalue weighted by atomic mass is 9.77. The van der Waals surface area contributed by atoms with E-state index in [1.165, 1.54) is 0 Å². The third-order valence-corrected chi connectivity index (χ3v) is 5.43. The second kappa shape index (κ2) is 11.0. The van der Waals surface area contributed by atoms with E-state index >= 15 is 0 Å². The minimum Gasteiger partial charge on any atom is -0.456 e. The monoisotopic (exact) mass is 401 g/mol. The number of rotatable bonds is 11. The summed E-state index contributed by atoms with van der Waals surface area (Å²) in [4.78, 5) is 24.8. The van der Waals surface area contributed by atoms with Crippen molar-refractivity contribution in [1.82, 2.24) is 0 Å². The predicted molar refractivity (Wildman–Crippen MR) is 108 cm³/mol. The summed E-state index contributed by atoms with van der Waals surface area (Å²) in [6.45, 7) is 13.6. The number of hydrogen-bond donors (Lipinski definition) is 4. The van der Waals surface area contributed by atoms with Gasteiger partial charge in [0.15, 0.2) is 11.9 Å². The normalized spacial score (nSPS) is 18.8. The van der Waals surface area contributed by atoms with Crippen molar-refractivity contribution in [3.63, 3.8) is 0 Å². The van der Waals surface area contributed by atoms with E-state index < -0.39 is 47.6 Å². The van der Waals surface area contributed by atoms with Gasteiger partial charge in [0.1, 0.15) is 12.2 Å². The number of hydrogen-bond acceptors (Lipinski definition) is 7. The second-order valence-electron chi connectivity index (χ2n) is 8.60. The number of aliphatic hydroxyl groups is 3. The lowest BCUT2D eigenvalue weighted by Gasteiger charge is -2.31. The van der Waals surface area contributed by atoms with Crippen molar-refractivity contribution < 1.29 is 29.6 Å². The second-order valence-corrected chi connectivity index (χ2v) is 8.60. The molecular weight excluding hydrogens is 362 g/mol. The van der Waals surface area contributed by atoms with Gasteiger partial charge in [0, 0.05) is 6.04 Å². The summed E-state index contributed by atoms with van der Waals surface area (Å²) >= 11 is 0. The van der Waals surface area contributed by atoms with Gasteiger partial charge in [-0.05, 0) is 50.7 Å². The fraction of sp³-hybridized carbons (Fsp3) is 0.810. The lowest BCUT2D eigenvalue weighted by molar-refractivity contribution is -0.158. The lowest BCUT2D eigenvalue weighted by Crippen LogP contribution is -2.44. The molecule has 0 aromatic heterocycles. The van der Waals surface area contributed by atoms with Crippen LogP contribution in [0.1, 0.15) is 68.2 Å². The van der Waals surface area contributed by atoms with E-state index in [1.807, 2.05) is 13.8 Å². The highest BCUT2D eigenvalue weighted by atomic mass is 16.6. The Hall–Kier alpha value is -1.28. The summed E-state index contributed by atoms with van der Waals surface area (Å²) in [6, 6.07) is -0.728. The summed E-state index contributed by atoms with van der Waals surface area (Å²) in [7, 11) is 0. The zero-order valence-corrected chi connectivity index (χ0v) is 18.5. The molecule has 0 fully saturated rings. The zero-order chi connectivity index (χ0) is 22.4. The Bertz CT molecular complexity index is 569. The maximum absolute atomic E-state index is 12.6. The van der Waals surface area contributed by atoms with Gasteiger partial charge in [-0.3, -0.25) is 4.79 Å². The first-order valence-electron chi connectivity index (χ1n) is 9.90. The largest absolute Gasteiger partial charge is 0.456 e. The predicted octanol–water partition coefficient (Wildman–Crippen LogP) is 1.72. The quantitative estimate of drug-likeness (QED) is 0.306. The van der Waals surface area contributed by atoms with Crippen LogP contribution in [0.25, 0.3) is 0 Å². The Morgan fingerprint density at radius 1 is 1.04 bits per heavy atom. The third kappa shape index (κ3) is 6.95. The van der Waals surface area contributed by atoms with Crippen LogP contribution in [0.5, 0.6) is 0 Å². The van der Waals surface area contributed by atoms with E-state index in [0.717, 1.165) is 0 Å². The summed E-state index contributed by atoms with van der Waals surface area (Å²) in [6.07, 6.45) is -3.64. The Balaban J connectivity index is 5.25. The molecule has 5 N–H and O–H groups in total. The third-order valence-electron chi connectivity index (χ3n) is 5.43. The average molecular weight is 402 g/mol. The van der Waals surface area contributed by atoms with Gasteiger partial charge in [0.2, 0.25) is 0 Å². The molecule has 0 saturated heterocycles. The summed E-state index contributed by atoms with van der Waals surface area (Å²) in [5.41, 5.74) is 5.57. The molecule has 1 unspecified atom stereocenters. The molecule has 28 heavy (non-hydrogen) atoms. The van der Waals surface area contributed by atoms with Crippen molar-refractivity contribution >= 4 is 11.8 Å². The first-order chi connectivity index (χ1) is 12.7. The van der Waals surface area contributed by atoms with E-state index in [4.69, 9.17) is 10.5 Å². The average Bonchev–Trinajstić information content (AvgIpc) is 2.62. The molecule has 0 aromatic rings. The van der Waals surface area contributed by atoms with Crippen molar-refractivity contribution in [2.45, 2.75) is 98.7 Å². The summed E-state index contributed by atoms with van der Waals surface area (Å²) in [5, 5.41) is 30.6. The highest BCUT2D eigenvalue weighted by Crippen LogP contribution is 2.29. The number of nitrogens with two attached hydrogens (primary N) is 1. The molecule has 7 nitrogen and oxygen atoms in total. The van der Waals surface area contributed by atoms with E-state index in [2.05, 4.69) is 0 Å². The maximum Gasteiger partial charge on any atom is 0.337 e. The molecule has 0 heterocycles. The van der Waals surface area contributed by atoms with Crippen LogP contribution >= 0.6 is 0 Å². The van der Waals surface area contributed by atoms with E-state index in [9.17, 15) is 24.9 Å². The molecule has 0 radical (unpaired) electrons. The number of carbonyl (C=O) groups excluding carboxylic acids is 2. The van der Waals surface area contributed by atoms with Crippen LogP contribution in [0, 0.1) is 11.3 Å². The number of aliphatic hydroxyl groups excluding tert-OH is 3. The minimum atomic E-state index is -1.44. The number of carbonyl (C=O) groups is 2. The van der Waals surface area contributed by atoms with Gasteiger partial charge in [-0.2, -0.15) is 0 Å². The van der Waals surface area contributed by atoms with Gasteiger partial charge in [-0.1, -0.05) is 34.6 Å². The highest BCUT2D eigenvalue weighted by Gasteiger charge is 2.39. The summed E-state index contributed by atoms with van der Waals surface area (Å²) < 4.78 is 5.28. The van der Waals surface area contributed by atoms with Crippen LogP contribution in [0.4, 0.5) is 0 Å².